The van der Waals surface area contributed by atoms with E-state index < -0.39 is 16.5 Å². The predicted octanol–water partition coefficient (Wildman–Crippen LogP) is 4.78. The highest BCUT2D eigenvalue weighted by Gasteiger charge is 2.17. The van der Waals surface area contributed by atoms with Crippen LogP contribution in [0.15, 0.2) is 42.5 Å². The summed E-state index contributed by atoms with van der Waals surface area (Å²) in [6.45, 7) is 0. The molecule has 2 rings (SSSR count). The fourth-order valence-corrected chi connectivity index (χ4v) is 2.43. The van der Waals surface area contributed by atoms with Gasteiger partial charge < -0.3 is 0 Å². The average Bonchev–Trinajstić information content (AvgIpc) is 2.35. The number of alkyl halides is 1. The Bertz CT molecular complexity index is 554. The van der Waals surface area contributed by atoms with Gasteiger partial charge in [-0.2, -0.15) is 0 Å². The Balaban J connectivity index is 2.25. The average molecular weight is 315 g/mol. The molecule has 0 N–H and O–H groups in total. The Hall–Kier alpha value is -1.29. The third kappa shape index (κ3) is 2.75. The van der Waals surface area contributed by atoms with Crippen molar-refractivity contribution in [2.45, 2.75) is 11.2 Å². The van der Waals surface area contributed by atoms with Crippen molar-refractivity contribution in [2.24, 2.45) is 0 Å². The molecule has 0 saturated carbocycles. The summed E-state index contributed by atoms with van der Waals surface area (Å²) in [5.74, 6) is -2.14. The van der Waals surface area contributed by atoms with Crippen LogP contribution in [0.1, 0.15) is 16.0 Å². The molecule has 2 aromatic carbocycles. The SMILES string of the molecule is Fc1ccccc1CC(Br)c1cccc(F)c1F. The molecule has 2 aromatic rings. The summed E-state index contributed by atoms with van der Waals surface area (Å²) in [5.41, 5.74) is 0.654. The third-order valence-corrected chi connectivity index (χ3v) is 3.49. The highest BCUT2D eigenvalue weighted by atomic mass is 79.9. The summed E-state index contributed by atoms with van der Waals surface area (Å²) in [5, 5.41) is 0. The first kappa shape index (κ1) is 13.1. The molecule has 0 fully saturated rings. The van der Waals surface area contributed by atoms with Crippen LogP contribution in [0.3, 0.4) is 0 Å². The van der Waals surface area contributed by atoms with E-state index in [4.69, 9.17) is 0 Å². The lowest BCUT2D eigenvalue weighted by Gasteiger charge is -2.12. The number of benzene rings is 2. The maximum Gasteiger partial charge on any atom is 0.163 e. The molecule has 0 bridgehead atoms. The smallest absolute Gasteiger partial charge is 0.163 e. The van der Waals surface area contributed by atoms with E-state index in [1.165, 1.54) is 18.2 Å². The van der Waals surface area contributed by atoms with Crippen molar-refractivity contribution in [2.75, 3.05) is 0 Å². The number of halogens is 4. The van der Waals surface area contributed by atoms with Gasteiger partial charge in [0.25, 0.3) is 0 Å². The van der Waals surface area contributed by atoms with Gasteiger partial charge in [0.1, 0.15) is 5.82 Å². The van der Waals surface area contributed by atoms with Crippen LogP contribution < -0.4 is 0 Å². The van der Waals surface area contributed by atoms with Crippen LogP contribution >= 0.6 is 15.9 Å². The Morgan fingerprint density at radius 1 is 0.889 bits per heavy atom. The van der Waals surface area contributed by atoms with E-state index in [9.17, 15) is 13.2 Å². The Morgan fingerprint density at radius 3 is 2.28 bits per heavy atom. The van der Waals surface area contributed by atoms with E-state index in [0.717, 1.165) is 6.07 Å². The van der Waals surface area contributed by atoms with Gasteiger partial charge in [0, 0.05) is 10.4 Å². The Labute approximate surface area is 112 Å². The van der Waals surface area contributed by atoms with Gasteiger partial charge in [0.05, 0.1) is 0 Å². The van der Waals surface area contributed by atoms with E-state index in [2.05, 4.69) is 15.9 Å². The van der Waals surface area contributed by atoms with Crippen LogP contribution in [0.5, 0.6) is 0 Å². The molecule has 4 heteroatoms. The van der Waals surface area contributed by atoms with Crippen molar-refractivity contribution in [3.63, 3.8) is 0 Å². The molecule has 1 unspecified atom stereocenters. The first-order chi connectivity index (χ1) is 8.59. The second kappa shape index (κ2) is 5.57. The zero-order chi connectivity index (χ0) is 13.1. The van der Waals surface area contributed by atoms with Gasteiger partial charge in [-0.05, 0) is 24.1 Å². The molecule has 0 heterocycles. The molecule has 0 amide bonds. The largest absolute Gasteiger partial charge is 0.207 e. The standard InChI is InChI=1S/C14H10BrF3/c15-11(8-9-4-1-2-6-12(9)16)10-5-3-7-13(17)14(10)18/h1-7,11H,8H2. The summed E-state index contributed by atoms with van der Waals surface area (Å²) < 4.78 is 40.1. The first-order valence-electron chi connectivity index (χ1n) is 5.41. The van der Waals surface area contributed by atoms with Crippen molar-refractivity contribution >= 4 is 15.9 Å². The van der Waals surface area contributed by atoms with Crippen molar-refractivity contribution in [3.8, 4) is 0 Å². The topological polar surface area (TPSA) is 0 Å². The van der Waals surface area contributed by atoms with Gasteiger partial charge in [-0.25, -0.2) is 13.2 Å². The highest BCUT2D eigenvalue weighted by Crippen LogP contribution is 2.30. The van der Waals surface area contributed by atoms with Gasteiger partial charge in [-0.1, -0.05) is 46.3 Å². The van der Waals surface area contributed by atoms with E-state index >= 15 is 0 Å². The van der Waals surface area contributed by atoms with Gasteiger partial charge in [0.2, 0.25) is 0 Å². The number of hydrogen-bond donors (Lipinski definition) is 0. The lowest BCUT2D eigenvalue weighted by atomic mass is 10.0. The minimum absolute atomic E-state index is 0.193. The first-order valence-corrected chi connectivity index (χ1v) is 6.32. The highest BCUT2D eigenvalue weighted by molar-refractivity contribution is 9.09. The van der Waals surface area contributed by atoms with Crippen molar-refractivity contribution < 1.29 is 13.2 Å². The maximum atomic E-state index is 13.6. The molecule has 18 heavy (non-hydrogen) atoms. The lowest BCUT2D eigenvalue weighted by molar-refractivity contribution is 0.497. The van der Waals surface area contributed by atoms with Crippen LogP contribution in [-0.4, -0.2) is 0 Å². The summed E-state index contributed by atoms with van der Waals surface area (Å²) in [4.78, 5) is -0.468. The Kier molecular flexibility index (Phi) is 4.07. The van der Waals surface area contributed by atoms with E-state index in [1.54, 1.807) is 18.2 Å². The maximum absolute atomic E-state index is 13.6. The van der Waals surface area contributed by atoms with Gasteiger partial charge in [-0.15, -0.1) is 0 Å². The predicted molar refractivity (Wildman–Crippen MR) is 68.1 cm³/mol. The zero-order valence-corrected chi connectivity index (χ0v) is 10.9. The minimum Gasteiger partial charge on any atom is -0.207 e. The molecular formula is C14H10BrF3. The Morgan fingerprint density at radius 2 is 1.56 bits per heavy atom. The second-order valence-electron chi connectivity index (χ2n) is 3.91. The lowest BCUT2D eigenvalue weighted by Crippen LogP contribution is -2.02. The van der Waals surface area contributed by atoms with Gasteiger partial charge >= 0.3 is 0 Å². The molecule has 0 saturated heterocycles. The van der Waals surface area contributed by atoms with Gasteiger partial charge in [-0.3, -0.25) is 0 Å². The summed E-state index contributed by atoms with van der Waals surface area (Å²) in [6, 6.07) is 10.2. The summed E-state index contributed by atoms with van der Waals surface area (Å²) >= 11 is 3.27. The molecule has 0 aromatic heterocycles. The monoisotopic (exact) mass is 314 g/mol. The molecule has 0 aliphatic carbocycles. The van der Waals surface area contributed by atoms with E-state index in [-0.39, 0.29) is 17.8 Å². The molecule has 0 aliphatic rings. The fraction of sp³-hybridized carbons (Fsp3) is 0.143. The normalized spacial score (nSPS) is 12.4. The third-order valence-electron chi connectivity index (χ3n) is 2.68. The van der Waals surface area contributed by atoms with Crippen molar-refractivity contribution in [1.82, 2.24) is 0 Å². The fourth-order valence-electron chi connectivity index (χ4n) is 1.73. The minimum atomic E-state index is -0.898. The molecular weight excluding hydrogens is 305 g/mol. The molecule has 0 radical (unpaired) electrons. The van der Waals surface area contributed by atoms with Crippen molar-refractivity contribution in [3.05, 3.63) is 71.0 Å². The number of rotatable bonds is 3. The van der Waals surface area contributed by atoms with Crippen LogP contribution in [0.25, 0.3) is 0 Å². The quantitative estimate of drug-likeness (QED) is 0.715. The molecule has 0 aliphatic heterocycles. The number of hydrogen-bond acceptors (Lipinski definition) is 0. The van der Waals surface area contributed by atoms with Crippen LogP contribution in [0.2, 0.25) is 0 Å². The summed E-state index contributed by atoms with van der Waals surface area (Å²) in [7, 11) is 0. The zero-order valence-electron chi connectivity index (χ0n) is 9.34. The van der Waals surface area contributed by atoms with Crippen LogP contribution in [0, 0.1) is 17.5 Å². The summed E-state index contributed by atoms with van der Waals surface area (Å²) in [6.07, 6.45) is 0.257. The van der Waals surface area contributed by atoms with E-state index in [0.29, 0.717) is 5.56 Å². The van der Waals surface area contributed by atoms with Crippen LogP contribution in [0.4, 0.5) is 13.2 Å². The molecule has 0 spiro atoms. The van der Waals surface area contributed by atoms with E-state index in [1.807, 2.05) is 0 Å². The second-order valence-corrected chi connectivity index (χ2v) is 5.01. The van der Waals surface area contributed by atoms with Crippen LogP contribution in [-0.2, 0) is 6.42 Å². The molecule has 94 valence electrons. The molecule has 1 atom stereocenters. The molecule has 0 nitrogen and oxygen atoms in total. The van der Waals surface area contributed by atoms with Gasteiger partial charge in [0.15, 0.2) is 11.6 Å². The van der Waals surface area contributed by atoms with Crippen molar-refractivity contribution in [1.29, 1.82) is 0 Å².